The summed E-state index contributed by atoms with van der Waals surface area (Å²) >= 11 is 0. The van der Waals surface area contributed by atoms with Crippen molar-refractivity contribution in [3.8, 4) is 0 Å². The molecule has 0 bridgehead atoms. The van der Waals surface area contributed by atoms with Crippen LogP contribution in [-0.2, 0) is 6.42 Å². The van der Waals surface area contributed by atoms with Crippen LogP contribution < -0.4 is 0 Å². The van der Waals surface area contributed by atoms with E-state index in [4.69, 9.17) is 0 Å². The Morgan fingerprint density at radius 3 is 1.88 bits per heavy atom. The highest BCUT2D eigenvalue weighted by molar-refractivity contribution is 5.74. The number of carbonyl (C=O) groups excluding carboxylic acids is 1. The van der Waals surface area contributed by atoms with Crippen LogP contribution in [0.2, 0.25) is 0 Å². The number of benzene rings is 1. The number of aryl methyl sites for hydroxylation is 1. The lowest BCUT2D eigenvalue weighted by molar-refractivity contribution is 0.112. The maximum Gasteiger partial charge on any atom is 0.150 e. The van der Waals surface area contributed by atoms with E-state index < -0.39 is 0 Å². The lowest BCUT2D eigenvalue weighted by Crippen LogP contribution is -1.85. The molecule has 0 saturated carbocycles. The molecular weight excluding hydrogens is 316 g/mol. The summed E-state index contributed by atoms with van der Waals surface area (Å²) in [5.41, 5.74) is 3.14. The van der Waals surface area contributed by atoms with Gasteiger partial charge in [-0.3, -0.25) is 4.79 Å². The molecule has 0 aliphatic carbocycles. The first-order valence-electron chi connectivity index (χ1n) is 10.3. The van der Waals surface area contributed by atoms with E-state index in [0.29, 0.717) is 0 Å². The fourth-order valence-electron chi connectivity index (χ4n) is 1.69. The minimum absolute atomic E-state index is 0.763. The molecule has 152 valence electrons. The number of hydrogen-bond donors (Lipinski definition) is 0. The van der Waals surface area contributed by atoms with Gasteiger partial charge in [-0.05, 0) is 43.7 Å². The molecule has 0 N–H and O–H groups in total. The summed E-state index contributed by atoms with van der Waals surface area (Å²) < 4.78 is 0. The molecule has 1 aromatic rings. The molecule has 0 saturated heterocycles. The van der Waals surface area contributed by atoms with Gasteiger partial charge in [-0.1, -0.05) is 97.9 Å². The van der Waals surface area contributed by atoms with Gasteiger partial charge in [0.25, 0.3) is 0 Å². The molecule has 0 aliphatic rings. The summed E-state index contributed by atoms with van der Waals surface area (Å²) in [5, 5.41) is 0. The lowest BCUT2D eigenvalue weighted by Gasteiger charge is -2.00. The molecule has 0 amide bonds. The standard InChI is InChI=1S/C9H10O.C8H18.C4H10.C4H8/c1-2-8-4-3-5-9(6-8)7-10;1-4-5-6-7-8(2)3;2*1-4(2)3/h3-7H,2H2,1H3;8H,4-7H2,1-3H3;4H,1-3H3;1H2,2-3H3. The second kappa shape index (κ2) is 21.7. The van der Waals surface area contributed by atoms with E-state index in [2.05, 4.69) is 55.0 Å². The smallest absolute Gasteiger partial charge is 0.150 e. The SMILES string of the molecule is C=C(C)C.CC(C)C.CCCCCC(C)C.CCc1cccc(C=O)c1. The van der Waals surface area contributed by atoms with E-state index in [9.17, 15) is 4.79 Å². The Balaban J connectivity index is -0.000000296. The summed E-state index contributed by atoms with van der Waals surface area (Å²) in [7, 11) is 0. The summed E-state index contributed by atoms with van der Waals surface area (Å²) in [6.45, 7) is 22.9. The van der Waals surface area contributed by atoms with Crippen molar-refractivity contribution in [3.05, 3.63) is 47.5 Å². The van der Waals surface area contributed by atoms with Crippen molar-refractivity contribution in [3.63, 3.8) is 0 Å². The van der Waals surface area contributed by atoms with Gasteiger partial charge >= 0.3 is 0 Å². The third-order valence-electron chi connectivity index (χ3n) is 2.88. The van der Waals surface area contributed by atoms with Crippen molar-refractivity contribution in [2.75, 3.05) is 0 Å². The summed E-state index contributed by atoms with van der Waals surface area (Å²) in [6, 6.07) is 7.65. The molecule has 0 aromatic heterocycles. The van der Waals surface area contributed by atoms with E-state index in [1.165, 1.54) is 36.8 Å². The Labute approximate surface area is 165 Å². The van der Waals surface area contributed by atoms with E-state index in [1.54, 1.807) is 0 Å². The van der Waals surface area contributed by atoms with Gasteiger partial charge in [-0.2, -0.15) is 0 Å². The van der Waals surface area contributed by atoms with Crippen molar-refractivity contribution in [1.82, 2.24) is 0 Å². The predicted octanol–water partition coefficient (Wildman–Crippen LogP) is 8.53. The Bertz CT molecular complexity index is 423. The van der Waals surface area contributed by atoms with Crippen LogP contribution in [0, 0.1) is 11.8 Å². The molecule has 1 aromatic carbocycles. The zero-order valence-corrected chi connectivity index (χ0v) is 19.2. The number of rotatable bonds is 6. The number of carbonyl (C=O) groups is 1. The molecule has 0 aliphatic heterocycles. The zero-order chi connectivity index (χ0) is 21.0. The maximum atomic E-state index is 10.3. The van der Waals surface area contributed by atoms with Gasteiger partial charge in [0.2, 0.25) is 0 Å². The molecule has 0 fully saturated rings. The van der Waals surface area contributed by atoms with Crippen LogP contribution in [0.3, 0.4) is 0 Å². The first-order chi connectivity index (χ1) is 12.1. The molecule has 26 heavy (non-hydrogen) atoms. The molecule has 1 heteroatoms. The number of hydrogen-bond acceptors (Lipinski definition) is 1. The molecule has 0 atom stereocenters. The van der Waals surface area contributed by atoms with Crippen molar-refractivity contribution in [1.29, 1.82) is 0 Å². The van der Waals surface area contributed by atoms with Crippen LogP contribution in [0.25, 0.3) is 0 Å². The zero-order valence-electron chi connectivity index (χ0n) is 19.2. The number of allylic oxidation sites excluding steroid dienone is 1. The molecule has 1 rings (SSSR count). The lowest BCUT2D eigenvalue weighted by atomic mass is 10.1. The second-order valence-corrected chi connectivity index (χ2v) is 8.05. The highest BCUT2D eigenvalue weighted by atomic mass is 16.1. The quantitative estimate of drug-likeness (QED) is 0.281. The molecule has 0 heterocycles. The first kappa shape index (κ1) is 29.4. The largest absolute Gasteiger partial charge is 0.298 e. The third kappa shape index (κ3) is 34.1. The van der Waals surface area contributed by atoms with Crippen molar-refractivity contribution in [2.24, 2.45) is 11.8 Å². The van der Waals surface area contributed by atoms with Crippen molar-refractivity contribution in [2.45, 2.75) is 94.4 Å². The Hall–Kier alpha value is -1.37. The number of aldehydes is 1. The van der Waals surface area contributed by atoms with Crippen LogP contribution in [0.5, 0.6) is 0 Å². The molecule has 0 unspecified atom stereocenters. The summed E-state index contributed by atoms with van der Waals surface area (Å²) in [5.74, 6) is 1.74. The van der Waals surface area contributed by atoms with Crippen LogP contribution in [0.4, 0.5) is 0 Å². The second-order valence-electron chi connectivity index (χ2n) is 8.05. The van der Waals surface area contributed by atoms with Crippen molar-refractivity contribution >= 4 is 6.29 Å². The van der Waals surface area contributed by atoms with Gasteiger partial charge in [0.05, 0.1) is 0 Å². The van der Waals surface area contributed by atoms with Gasteiger partial charge in [0.15, 0.2) is 0 Å². The van der Waals surface area contributed by atoms with E-state index in [-0.39, 0.29) is 0 Å². The van der Waals surface area contributed by atoms with Gasteiger partial charge in [0, 0.05) is 5.56 Å². The first-order valence-corrected chi connectivity index (χ1v) is 10.3. The molecule has 0 spiro atoms. The summed E-state index contributed by atoms with van der Waals surface area (Å²) in [4.78, 5) is 10.3. The van der Waals surface area contributed by atoms with Gasteiger partial charge < -0.3 is 0 Å². The molecule has 0 radical (unpaired) electrons. The van der Waals surface area contributed by atoms with Crippen LogP contribution in [0.1, 0.15) is 104 Å². The van der Waals surface area contributed by atoms with Crippen LogP contribution in [-0.4, -0.2) is 6.29 Å². The predicted molar refractivity (Wildman–Crippen MR) is 121 cm³/mol. The fraction of sp³-hybridized carbons (Fsp3) is 0.640. The number of unbranched alkanes of at least 4 members (excludes halogenated alkanes) is 2. The normalized spacial score (nSPS) is 9.19. The average molecular weight is 363 g/mol. The van der Waals surface area contributed by atoms with Gasteiger partial charge in [-0.25, -0.2) is 0 Å². The third-order valence-corrected chi connectivity index (χ3v) is 2.88. The topological polar surface area (TPSA) is 17.1 Å². The van der Waals surface area contributed by atoms with Gasteiger partial charge in [0.1, 0.15) is 6.29 Å². The van der Waals surface area contributed by atoms with E-state index in [0.717, 1.165) is 30.1 Å². The molecule has 1 nitrogen and oxygen atoms in total. The van der Waals surface area contributed by atoms with Crippen LogP contribution >= 0.6 is 0 Å². The minimum Gasteiger partial charge on any atom is -0.298 e. The fourth-order valence-corrected chi connectivity index (χ4v) is 1.69. The van der Waals surface area contributed by atoms with E-state index >= 15 is 0 Å². The van der Waals surface area contributed by atoms with E-state index in [1.807, 2.05) is 38.1 Å². The molecular formula is C25H46O. The van der Waals surface area contributed by atoms with Crippen molar-refractivity contribution < 1.29 is 4.79 Å². The highest BCUT2D eigenvalue weighted by Crippen LogP contribution is 2.06. The Kier molecular flexibility index (Phi) is 24.5. The maximum absolute atomic E-state index is 10.3. The minimum atomic E-state index is 0.763. The Morgan fingerprint density at radius 1 is 1.04 bits per heavy atom. The highest BCUT2D eigenvalue weighted by Gasteiger charge is 1.91. The van der Waals surface area contributed by atoms with Crippen LogP contribution in [0.15, 0.2) is 36.4 Å². The monoisotopic (exact) mass is 362 g/mol. The van der Waals surface area contributed by atoms with Gasteiger partial charge in [-0.15, -0.1) is 6.58 Å². The average Bonchev–Trinajstić information content (AvgIpc) is 2.54. The Morgan fingerprint density at radius 2 is 1.54 bits per heavy atom. The summed E-state index contributed by atoms with van der Waals surface area (Å²) in [6.07, 6.45) is 7.47.